The lowest BCUT2D eigenvalue weighted by Gasteiger charge is -2.35. The quantitative estimate of drug-likeness (QED) is 0.831. The molecule has 1 aromatic rings. The molecule has 0 radical (unpaired) electrons. The molecule has 1 heterocycles. The predicted octanol–water partition coefficient (Wildman–Crippen LogP) is 2.99. The van der Waals surface area contributed by atoms with Crippen LogP contribution < -0.4 is 5.32 Å². The molecule has 3 nitrogen and oxygen atoms in total. The maximum absolute atomic E-state index is 12.9. The van der Waals surface area contributed by atoms with Gasteiger partial charge in [0.1, 0.15) is 5.82 Å². The van der Waals surface area contributed by atoms with E-state index in [2.05, 4.69) is 27.9 Å². The predicted molar refractivity (Wildman–Crippen MR) is 72.5 cm³/mol. The van der Waals surface area contributed by atoms with Crippen molar-refractivity contribution >= 4 is 28.3 Å². The summed E-state index contributed by atoms with van der Waals surface area (Å²) in [6, 6.07) is 4.77. The van der Waals surface area contributed by atoms with Crippen LogP contribution >= 0.6 is 22.6 Å². The standard InChI is InChI=1S/C12H15FINO2/c1-12(2)16-6-9(7-17-12)15-11-4-3-8(13)5-10(11)14/h3-5,9,15H,6-7H2,1-2H3. The second-order valence-corrected chi connectivity index (χ2v) is 5.65. The van der Waals surface area contributed by atoms with E-state index in [1.54, 1.807) is 6.07 Å². The number of halogens is 2. The van der Waals surface area contributed by atoms with Crippen LogP contribution in [0.3, 0.4) is 0 Å². The van der Waals surface area contributed by atoms with Crippen molar-refractivity contribution in [3.8, 4) is 0 Å². The number of hydrogen-bond acceptors (Lipinski definition) is 3. The molecule has 1 aromatic carbocycles. The fourth-order valence-corrected chi connectivity index (χ4v) is 2.24. The van der Waals surface area contributed by atoms with E-state index in [1.165, 1.54) is 12.1 Å². The van der Waals surface area contributed by atoms with Crippen molar-refractivity contribution in [2.75, 3.05) is 18.5 Å². The summed E-state index contributed by atoms with van der Waals surface area (Å²) in [4.78, 5) is 0. The molecule has 1 N–H and O–H groups in total. The Morgan fingerprint density at radius 3 is 2.59 bits per heavy atom. The molecule has 17 heavy (non-hydrogen) atoms. The normalized spacial score (nSPS) is 20.2. The van der Waals surface area contributed by atoms with Crippen molar-refractivity contribution < 1.29 is 13.9 Å². The van der Waals surface area contributed by atoms with E-state index in [9.17, 15) is 4.39 Å². The maximum Gasteiger partial charge on any atom is 0.162 e. The van der Waals surface area contributed by atoms with Crippen LogP contribution in [0.1, 0.15) is 13.8 Å². The Hall–Kier alpha value is -0.400. The Morgan fingerprint density at radius 2 is 2.00 bits per heavy atom. The van der Waals surface area contributed by atoms with Crippen molar-refractivity contribution in [2.45, 2.75) is 25.7 Å². The van der Waals surface area contributed by atoms with E-state index in [0.29, 0.717) is 13.2 Å². The fourth-order valence-electron chi connectivity index (χ4n) is 1.60. The Balaban J connectivity index is 1.98. The SMILES string of the molecule is CC1(C)OCC(Nc2ccc(F)cc2I)CO1. The van der Waals surface area contributed by atoms with Gasteiger partial charge in [-0.1, -0.05) is 0 Å². The first-order valence-corrected chi connectivity index (χ1v) is 6.54. The molecular weight excluding hydrogens is 336 g/mol. The van der Waals surface area contributed by atoms with Gasteiger partial charge in [-0.05, 0) is 54.6 Å². The molecule has 1 aliphatic heterocycles. The average molecular weight is 351 g/mol. The van der Waals surface area contributed by atoms with Gasteiger partial charge in [0.05, 0.1) is 19.3 Å². The first-order valence-electron chi connectivity index (χ1n) is 5.46. The second kappa shape index (κ2) is 5.07. The molecule has 0 spiro atoms. The molecule has 0 aromatic heterocycles. The van der Waals surface area contributed by atoms with Gasteiger partial charge in [0.15, 0.2) is 5.79 Å². The largest absolute Gasteiger partial charge is 0.377 e. The van der Waals surface area contributed by atoms with Crippen molar-refractivity contribution in [2.24, 2.45) is 0 Å². The van der Waals surface area contributed by atoms with E-state index >= 15 is 0 Å². The molecule has 0 atom stereocenters. The van der Waals surface area contributed by atoms with Gasteiger partial charge in [0.2, 0.25) is 0 Å². The Kier molecular flexibility index (Phi) is 3.89. The monoisotopic (exact) mass is 351 g/mol. The lowest BCUT2D eigenvalue weighted by Crippen LogP contribution is -2.45. The van der Waals surface area contributed by atoms with E-state index in [1.807, 2.05) is 13.8 Å². The molecule has 1 aliphatic rings. The van der Waals surface area contributed by atoms with Gasteiger partial charge >= 0.3 is 0 Å². The number of anilines is 1. The third-order valence-corrected chi connectivity index (χ3v) is 3.45. The minimum absolute atomic E-state index is 0.0991. The van der Waals surface area contributed by atoms with E-state index in [4.69, 9.17) is 9.47 Å². The molecule has 2 rings (SSSR count). The van der Waals surface area contributed by atoms with Gasteiger partial charge in [-0.15, -0.1) is 0 Å². The molecule has 1 saturated heterocycles. The van der Waals surface area contributed by atoms with Crippen LogP contribution in [0.15, 0.2) is 18.2 Å². The van der Waals surface area contributed by atoms with Crippen molar-refractivity contribution in [1.29, 1.82) is 0 Å². The highest BCUT2D eigenvalue weighted by atomic mass is 127. The second-order valence-electron chi connectivity index (χ2n) is 4.49. The summed E-state index contributed by atoms with van der Waals surface area (Å²) < 4.78 is 24.9. The zero-order chi connectivity index (χ0) is 12.5. The smallest absolute Gasteiger partial charge is 0.162 e. The highest BCUT2D eigenvalue weighted by Gasteiger charge is 2.28. The molecule has 0 bridgehead atoms. The number of hydrogen-bond donors (Lipinski definition) is 1. The summed E-state index contributed by atoms with van der Waals surface area (Å²) in [6.45, 7) is 4.96. The Morgan fingerprint density at radius 1 is 1.35 bits per heavy atom. The van der Waals surface area contributed by atoms with Crippen LogP contribution in [0.25, 0.3) is 0 Å². The summed E-state index contributed by atoms with van der Waals surface area (Å²) in [7, 11) is 0. The van der Waals surface area contributed by atoms with Gasteiger partial charge in [-0.3, -0.25) is 0 Å². The highest BCUT2D eigenvalue weighted by molar-refractivity contribution is 14.1. The third kappa shape index (κ3) is 3.53. The van der Waals surface area contributed by atoms with Crippen LogP contribution in [0, 0.1) is 9.39 Å². The number of benzene rings is 1. The summed E-state index contributed by atoms with van der Waals surface area (Å²) in [5, 5.41) is 3.29. The molecule has 0 unspecified atom stereocenters. The number of nitrogens with one attached hydrogen (secondary N) is 1. The zero-order valence-corrected chi connectivity index (χ0v) is 12.0. The van der Waals surface area contributed by atoms with Crippen LogP contribution in [0.2, 0.25) is 0 Å². The van der Waals surface area contributed by atoms with Crippen LogP contribution in [-0.2, 0) is 9.47 Å². The average Bonchev–Trinajstić information content (AvgIpc) is 2.25. The molecular formula is C12H15FINO2. The van der Waals surface area contributed by atoms with E-state index in [-0.39, 0.29) is 11.9 Å². The summed E-state index contributed by atoms with van der Waals surface area (Å²) in [5.41, 5.74) is 0.906. The molecule has 0 amide bonds. The summed E-state index contributed by atoms with van der Waals surface area (Å²) >= 11 is 2.10. The molecule has 5 heteroatoms. The van der Waals surface area contributed by atoms with Crippen molar-refractivity contribution in [3.05, 3.63) is 27.6 Å². The van der Waals surface area contributed by atoms with Crippen molar-refractivity contribution in [3.63, 3.8) is 0 Å². The van der Waals surface area contributed by atoms with Gasteiger partial charge in [0, 0.05) is 9.26 Å². The number of ether oxygens (including phenoxy) is 2. The lowest BCUT2D eigenvalue weighted by molar-refractivity contribution is -0.247. The van der Waals surface area contributed by atoms with E-state index in [0.717, 1.165) is 9.26 Å². The fraction of sp³-hybridized carbons (Fsp3) is 0.500. The van der Waals surface area contributed by atoms with Crippen molar-refractivity contribution in [1.82, 2.24) is 0 Å². The minimum Gasteiger partial charge on any atom is -0.377 e. The van der Waals surface area contributed by atoms with E-state index < -0.39 is 5.79 Å². The van der Waals surface area contributed by atoms with Crippen LogP contribution in [0.4, 0.5) is 10.1 Å². The Bertz CT molecular complexity index is 401. The zero-order valence-electron chi connectivity index (χ0n) is 9.80. The van der Waals surface area contributed by atoms with Gasteiger partial charge < -0.3 is 14.8 Å². The third-order valence-electron chi connectivity index (χ3n) is 2.55. The summed E-state index contributed by atoms with van der Waals surface area (Å²) in [5.74, 6) is -0.731. The molecule has 1 fully saturated rings. The first-order chi connectivity index (χ1) is 7.96. The number of rotatable bonds is 2. The first kappa shape index (κ1) is 13.0. The summed E-state index contributed by atoms with van der Waals surface area (Å²) in [6.07, 6.45) is 0. The van der Waals surface area contributed by atoms with Crippen LogP contribution in [0.5, 0.6) is 0 Å². The van der Waals surface area contributed by atoms with Gasteiger partial charge in [0.25, 0.3) is 0 Å². The van der Waals surface area contributed by atoms with Crippen LogP contribution in [-0.4, -0.2) is 25.0 Å². The molecule has 94 valence electrons. The van der Waals surface area contributed by atoms with Gasteiger partial charge in [-0.25, -0.2) is 4.39 Å². The lowest BCUT2D eigenvalue weighted by atomic mass is 10.2. The maximum atomic E-state index is 12.9. The Labute approximate surface area is 114 Å². The topological polar surface area (TPSA) is 30.5 Å². The minimum atomic E-state index is -0.506. The molecule has 0 saturated carbocycles. The molecule has 0 aliphatic carbocycles. The highest BCUT2D eigenvalue weighted by Crippen LogP contribution is 2.23. The van der Waals surface area contributed by atoms with Gasteiger partial charge in [-0.2, -0.15) is 0 Å².